The zero-order chi connectivity index (χ0) is 19.6. The van der Waals surface area contributed by atoms with Crippen LogP contribution in [-0.2, 0) is 11.2 Å². The molecule has 0 aliphatic carbocycles. The largest absolute Gasteiger partial charge is 0.444 e. The maximum absolute atomic E-state index is 12.1. The molecule has 2 atom stereocenters. The van der Waals surface area contributed by atoms with E-state index in [1.807, 2.05) is 65.0 Å². The summed E-state index contributed by atoms with van der Waals surface area (Å²) in [7, 11) is 0. The molecule has 0 aromatic heterocycles. The molecule has 1 amide bonds. The van der Waals surface area contributed by atoms with Crippen LogP contribution in [-0.4, -0.2) is 42.0 Å². The SMILES string of the molecule is CC(C)C#CCNCC(O)C(Cc1ccccc1)NC(=O)OC(C)(C)C. The van der Waals surface area contributed by atoms with E-state index in [1.54, 1.807) is 0 Å². The fourth-order valence-electron chi connectivity index (χ4n) is 2.29. The predicted octanol–water partition coefficient (Wildman–Crippen LogP) is 2.73. The minimum atomic E-state index is -0.761. The highest BCUT2D eigenvalue weighted by atomic mass is 16.6. The molecule has 0 bridgehead atoms. The molecule has 0 saturated carbocycles. The Morgan fingerprint density at radius 3 is 2.46 bits per heavy atom. The summed E-state index contributed by atoms with van der Waals surface area (Å²) in [5.41, 5.74) is 0.448. The van der Waals surface area contributed by atoms with Crippen molar-refractivity contribution in [2.24, 2.45) is 5.92 Å². The molecular weight excluding hydrogens is 328 g/mol. The topological polar surface area (TPSA) is 70.6 Å². The molecule has 5 nitrogen and oxygen atoms in total. The minimum Gasteiger partial charge on any atom is -0.444 e. The molecule has 2 unspecified atom stereocenters. The van der Waals surface area contributed by atoms with Gasteiger partial charge in [-0.15, -0.1) is 0 Å². The first-order valence-corrected chi connectivity index (χ1v) is 9.08. The second-order valence-corrected chi connectivity index (χ2v) is 7.62. The molecule has 5 heteroatoms. The number of carbonyl (C=O) groups excluding carboxylic acids is 1. The van der Waals surface area contributed by atoms with Crippen LogP contribution >= 0.6 is 0 Å². The summed E-state index contributed by atoms with van der Waals surface area (Å²) >= 11 is 0. The Morgan fingerprint density at radius 2 is 1.88 bits per heavy atom. The van der Waals surface area contributed by atoms with Gasteiger partial charge in [0, 0.05) is 12.5 Å². The molecule has 0 fully saturated rings. The van der Waals surface area contributed by atoms with Gasteiger partial charge in [0.05, 0.1) is 18.7 Å². The van der Waals surface area contributed by atoms with Gasteiger partial charge in [-0.1, -0.05) is 56.0 Å². The van der Waals surface area contributed by atoms with Crippen LogP contribution < -0.4 is 10.6 Å². The van der Waals surface area contributed by atoms with E-state index in [2.05, 4.69) is 22.5 Å². The van der Waals surface area contributed by atoms with E-state index >= 15 is 0 Å². The molecule has 0 heterocycles. The van der Waals surface area contributed by atoms with Crippen molar-refractivity contribution >= 4 is 6.09 Å². The number of carbonyl (C=O) groups is 1. The van der Waals surface area contributed by atoms with Crippen LogP contribution in [0.1, 0.15) is 40.2 Å². The van der Waals surface area contributed by atoms with E-state index in [0.717, 1.165) is 5.56 Å². The first-order chi connectivity index (χ1) is 12.2. The summed E-state index contributed by atoms with van der Waals surface area (Å²) in [5.74, 6) is 6.40. The van der Waals surface area contributed by atoms with E-state index in [1.165, 1.54) is 0 Å². The van der Waals surface area contributed by atoms with Crippen LogP contribution in [0.4, 0.5) is 4.79 Å². The smallest absolute Gasteiger partial charge is 0.407 e. The van der Waals surface area contributed by atoms with Gasteiger partial charge in [0.15, 0.2) is 0 Å². The standard InChI is InChI=1S/C21H32N2O3/c1-16(2)10-9-13-22-15-19(24)18(14-17-11-7-6-8-12-17)23-20(25)26-21(3,4)5/h6-8,11-12,16,18-19,22,24H,13-15H2,1-5H3,(H,23,25). The number of hydrogen-bond donors (Lipinski definition) is 3. The van der Waals surface area contributed by atoms with Crippen molar-refractivity contribution in [1.82, 2.24) is 10.6 Å². The molecular formula is C21H32N2O3. The molecule has 3 N–H and O–H groups in total. The summed E-state index contributed by atoms with van der Waals surface area (Å²) in [4.78, 5) is 12.1. The van der Waals surface area contributed by atoms with Gasteiger partial charge in [0.1, 0.15) is 5.60 Å². The molecule has 0 aliphatic rings. The molecule has 1 aromatic carbocycles. The van der Waals surface area contributed by atoms with Gasteiger partial charge < -0.3 is 20.5 Å². The zero-order valence-electron chi connectivity index (χ0n) is 16.5. The van der Waals surface area contributed by atoms with Gasteiger partial charge in [-0.2, -0.15) is 0 Å². The highest BCUT2D eigenvalue weighted by Crippen LogP contribution is 2.10. The average Bonchev–Trinajstić information content (AvgIpc) is 2.52. The summed E-state index contributed by atoms with van der Waals surface area (Å²) < 4.78 is 5.32. The normalized spacial score (nSPS) is 13.5. The van der Waals surface area contributed by atoms with Gasteiger partial charge in [-0.25, -0.2) is 4.79 Å². The van der Waals surface area contributed by atoms with Gasteiger partial charge in [-0.05, 0) is 32.8 Å². The third-order valence-electron chi connectivity index (χ3n) is 3.42. The number of hydrogen-bond acceptors (Lipinski definition) is 4. The maximum Gasteiger partial charge on any atom is 0.407 e. The zero-order valence-corrected chi connectivity index (χ0v) is 16.5. The van der Waals surface area contributed by atoms with Crippen molar-refractivity contribution in [2.75, 3.05) is 13.1 Å². The molecule has 26 heavy (non-hydrogen) atoms. The van der Waals surface area contributed by atoms with Crippen LogP contribution in [0.3, 0.4) is 0 Å². The molecule has 0 radical (unpaired) electrons. The predicted molar refractivity (Wildman–Crippen MR) is 105 cm³/mol. The second kappa shape index (κ2) is 10.8. The molecule has 1 rings (SSSR count). The summed E-state index contributed by atoms with van der Waals surface area (Å²) in [6, 6.07) is 9.29. The number of amides is 1. The summed E-state index contributed by atoms with van der Waals surface area (Å²) in [6.07, 6.45) is -0.777. The highest BCUT2D eigenvalue weighted by molar-refractivity contribution is 5.68. The van der Waals surface area contributed by atoms with E-state index in [-0.39, 0.29) is 0 Å². The molecule has 144 valence electrons. The first kappa shape index (κ1) is 22.0. The number of alkyl carbamates (subject to hydrolysis) is 1. The maximum atomic E-state index is 12.1. The van der Waals surface area contributed by atoms with Crippen molar-refractivity contribution in [3.05, 3.63) is 35.9 Å². The monoisotopic (exact) mass is 360 g/mol. The third kappa shape index (κ3) is 10.1. The Hall–Kier alpha value is -2.03. The highest BCUT2D eigenvalue weighted by Gasteiger charge is 2.24. The number of aliphatic hydroxyl groups is 1. The van der Waals surface area contributed by atoms with Crippen LogP contribution in [0, 0.1) is 17.8 Å². The first-order valence-electron chi connectivity index (χ1n) is 9.08. The lowest BCUT2D eigenvalue weighted by Crippen LogP contribution is -2.50. The van der Waals surface area contributed by atoms with Gasteiger partial charge in [0.2, 0.25) is 0 Å². The van der Waals surface area contributed by atoms with Crippen LogP contribution in [0.25, 0.3) is 0 Å². The van der Waals surface area contributed by atoms with Gasteiger partial charge >= 0.3 is 6.09 Å². The molecule has 0 saturated heterocycles. The summed E-state index contributed by atoms with van der Waals surface area (Å²) in [5, 5.41) is 16.5. The van der Waals surface area contributed by atoms with Gasteiger partial charge in [-0.3, -0.25) is 0 Å². The summed E-state index contributed by atoms with van der Waals surface area (Å²) in [6.45, 7) is 10.3. The Morgan fingerprint density at radius 1 is 1.23 bits per heavy atom. The average molecular weight is 360 g/mol. The quantitative estimate of drug-likeness (QED) is 0.516. The molecule has 0 aliphatic heterocycles. The lowest BCUT2D eigenvalue weighted by Gasteiger charge is -2.27. The second-order valence-electron chi connectivity index (χ2n) is 7.62. The van der Waals surface area contributed by atoms with Crippen LogP contribution in [0.2, 0.25) is 0 Å². The number of nitrogens with one attached hydrogen (secondary N) is 2. The Balaban J connectivity index is 2.67. The Kier molecular flexibility index (Phi) is 9.18. The minimum absolute atomic E-state index is 0.321. The van der Waals surface area contributed by atoms with E-state index < -0.39 is 23.8 Å². The van der Waals surface area contributed by atoms with Crippen molar-refractivity contribution < 1.29 is 14.6 Å². The number of ether oxygens (including phenoxy) is 1. The van der Waals surface area contributed by atoms with Gasteiger partial charge in [0.25, 0.3) is 0 Å². The lowest BCUT2D eigenvalue weighted by atomic mass is 10.0. The fraction of sp³-hybridized carbons (Fsp3) is 0.571. The number of rotatable bonds is 7. The van der Waals surface area contributed by atoms with E-state index in [0.29, 0.717) is 25.4 Å². The van der Waals surface area contributed by atoms with Crippen molar-refractivity contribution in [1.29, 1.82) is 0 Å². The molecule has 1 aromatic rings. The van der Waals surface area contributed by atoms with Crippen molar-refractivity contribution in [2.45, 2.75) is 58.8 Å². The fourth-order valence-corrected chi connectivity index (χ4v) is 2.29. The number of aliphatic hydroxyl groups excluding tert-OH is 1. The molecule has 0 spiro atoms. The van der Waals surface area contributed by atoms with E-state index in [9.17, 15) is 9.90 Å². The number of benzene rings is 1. The van der Waals surface area contributed by atoms with E-state index in [4.69, 9.17) is 4.74 Å². The lowest BCUT2D eigenvalue weighted by molar-refractivity contribution is 0.0423. The van der Waals surface area contributed by atoms with Crippen molar-refractivity contribution in [3.8, 4) is 11.8 Å². The Bertz CT molecular complexity index is 597. The van der Waals surface area contributed by atoms with Crippen LogP contribution in [0.5, 0.6) is 0 Å². The third-order valence-corrected chi connectivity index (χ3v) is 3.42. The van der Waals surface area contributed by atoms with Crippen LogP contribution in [0.15, 0.2) is 30.3 Å². The Labute approximate surface area is 157 Å². The van der Waals surface area contributed by atoms with Crippen molar-refractivity contribution in [3.63, 3.8) is 0 Å².